The van der Waals surface area contributed by atoms with E-state index in [0.29, 0.717) is 10.6 Å². The van der Waals surface area contributed by atoms with Crippen LogP contribution in [-0.4, -0.2) is 6.09 Å². The topological polar surface area (TPSA) is 52.3 Å². The first kappa shape index (κ1) is 10.2. The lowest BCUT2D eigenvalue weighted by molar-refractivity contribution is 0.143. The van der Waals surface area contributed by atoms with Gasteiger partial charge in [-0.3, -0.25) is 0 Å². The number of nitrogens with two attached hydrogens (primary N) is 1. The summed E-state index contributed by atoms with van der Waals surface area (Å²) in [6, 6.07) is 6.79. The second kappa shape index (κ2) is 4.35. The summed E-state index contributed by atoms with van der Waals surface area (Å²) >= 11 is 11.5. The van der Waals surface area contributed by atoms with Crippen molar-refractivity contribution in [1.29, 1.82) is 0 Å². The van der Waals surface area contributed by atoms with Crippen molar-refractivity contribution in [3.63, 3.8) is 0 Å². The van der Waals surface area contributed by atoms with Crippen molar-refractivity contribution in [2.45, 2.75) is 5.56 Å². The van der Waals surface area contributed by atoms with Crippen molar-refractivity contribution >= 4 is 29.3 Å². The number of amides is 1. The fraction of sp³-hybridized carbons (Fsp3) is 0.125. The molecule has 3 nitrogen and oxygen atoms in total. The Morgan fingerprint density at radius 1 is 1.46 bits per heavy atom. The number of hydrogen-bond donors (Lipinski definition) is 1. The standard InChI is InChI=1S/C8H7Cl2NO2/c9-6-4-2-1-3-5(6)7(10)13-8(11)12/h1-4,7H,(H2,11,12). The van der Waals surface area contributed by atoms with Gasteiger partial charge in [0.05, 0.1) is 0 Å². The number of carbonyl (C=O) groups is 1. The summed E-state index contributed by atoms with van der Waals surface area (Å²) in [4.78, 5) is 10.4. The molecule has 0 aliphatic carbocycles. The van der Waals surface area contributed by atoms with Crippen LogP contribution >= 0.6 is 23.2 Å². The molecule has 0 fully saturated rings. The Morgan fingerprint density at radius 2 is 2.08 bits per heavy atom. The quantitative estimate of drug-likeness (QED) is 0.779. The van der Waals surface area contributed by atoms with E-state index in [9.17, 15) is 4.79 Å². The molecule has 1 atom stereocenters. The number of rotatable bonds is 2. The van der Waals surface area contributed by atoms with Gasteiger partial charge in [0, 0.05) is 10.6 Å². The lowest BCUT2D eigenvalue weighted by Gasteiger charge is -2.10. The minimum absolute atomic E-state index is 0.434. The molecular weight excluding hydrogens is 213 g/mol. The molecule has 13 heavy (non-hydrogen) atoms. The maximum absolute atomic E-state index is 10.4. The highest BCUT2D eigenvalue weighted by molar-refractivity contribution is 6.32. The molecule has 5 heteroatoms. The van der Waals surface area contributed by atoms with Gasteiger partial charge < -0.3 is 10.5 Å². The molecule has 0 spiro atoms. The number of halogens is 2. The van der Waals surface area contributed by atoms with Crippen LogP contribution in [0.5, 0.6) is 0 Å². The van der Waals surface area contributed by atoms with Gasteiger partial charge >= 0.3 is 6.09 Å². The van der Waals surface area contributed by atoms with Gasteiger partial charge in [-0.25, -0.2) is 4.79 Å². The van der Waals surface area contributed by atoms with Gasteiger partial charge in [0.25, 0.3) is 0 Å². The third-order valence-corrected chi connectivity index (χ3v) is 2.04. The van der Waals surface area contributed by atoms with Crippen molar-refractivity contribution in [3.8, 4) is 0 Å². The second-order valence-corrected chi connectivity index (χ2v) is 3.08. The number of ether oxygens (including phenoxy) is 1. The van der Waals surface area contributed by atoms with Crippen LogP contribution in [0.1, 0.15) is 11.1 Å². The van der Waals surface area contributed by atoms with Crippen LogP contribution in [-0.2, 0) is 4.74 Å². The van der Waals surface area contributed by atoms with E-state index in [0.717, 1.165) is 0 Å². The minimum atomic E-state index is -0.939. The first-order chi connectivity index (χ1) is 6.11. The maximum atomic E-state index is 10.4. The Morgan fingerprint density at radius 3 is 2.62 bits per heavy atom. The third kappa shape index (κ3) is 2.79. The molecule has 2 N–H and O–H groups in total. The van der Waals surface area contributed by atoms with E-state index in [4.69, 9.17) is 28.9 Å². The van der Waals surface area contributed by atoms with Gasteiger partial charge in [0.2, 0.25) is 5.56 Å². The summed E-state index contributed by atoms with van der Waals surface area (Å²) in [5.74, 6) is 0. The number of hydrogen-bond acceptors (Lipinski definition) is 2. The van der Waals surface area contributed by atoms with E-state index in [2.05, 4.69) is 4.74 Å². The van der Waals surface area contributed by atoms with Crippen molar-refractivity contribution < 1.29 is 9.53 Å². The van der Waals surface area contributed by atoms with E-state index >= 15 is 0 Å². The second-order valence-electron chi connectivity index (χ2n) is 2.27. The zero-order valence-electron chi connectivity index (χ0n) is 6.54. The molecule has 1 unspecified atom stereocenters. The Kier molecular flexibility index (Phi) is 3.39. The fourth-order valence-corrected chi connectivity index (χ4v) is 1.39. The summed E-state index contributed by atoms with van der Waals surface area (Å²) in [5.41, 5.74) is 4.37. The van der Waals surface area contributed by atoms with Gasteiger partial charge in [0.15, 0.2) is 0 Å². The van der Waals surface area contributed by atoms with Crippen LogP contribution in [0.25, 0.3) is 0 Å². The molecule has 1 aromatic carbocycles. The lowest BCUT2D eigenvalue weighted by atomic mass is 10.2. The van der Waals surface area contributed by atoms with E-state index in [-0.39, 0.29) is 0 Å². The van der Waals surface area contributed by atoms with E-state index in [1.165, 1.54) is 0 Å². The fourth-order valence-electron chi connectivity index (χ4n) is 0.825. The van der Waals surface area contributed by atoms with Crippen LogP contribution in [0.15, 0.2) is 24.3 Å². The van der Waals surface area contributed by atoms with Crippen LogP contribution in [0.3, 0.4) is 0 Å². The van der Waals surface area contributed by atoms with Crippen LogP contribution < -0.4 is 5.73 Å². The van der Waals surface area contributed by atoms with Gasteiger partial charge in [-0.05, 0) is 6.07 Å². The Balaban J connectivity index is 2.82. The smallest absolute Gasteiger partial charge is 0.406 e. The predicted molar refractivity (Wildman–Crippen MR) is 50.7 cm³/mol. The highest BCUT2D eigenvalue weighted by atomic mass is 35.5. The summed E-state index contributed by atoms with van der Waals surface area (Å²) < 4.78 is 4.54. The molecule has 0 aromatic heterocycles. The number of benzene rings is 1. The Hall–Kier alpha value is -0.930. The maximum Gasteiger partial charge on any atom is 0.406 e. The van der Waals surface area contributed by atoms with E-state index < -0.39 is 11.7 Å². The molecule has 1 amide bonds. The monoisotopic (exact) mass is 219 g/mol. The molecule has 0 heterocycles. The minimum Gasteiger partial charge on any atom is -0.425 e. The van der Waals surface area contributed by atoms with Crippen molar-refractivity contribution in [2.75, 3.05) is 0 Å². The molecule has 0 aliphatic heterocycles. The summed E-state index contributed by atoms with van der Waals surface area (Å²) in [6.07, 6.45) is -0.931. The van der Waals surface area contributed by atoms with Crippen molar-refractivity contribution in [1.82, 2.24) is 0 Å². The average Bonchev–Trinajstić information content (AvgIpc) is 2.03. The average molecular weight is 220 g/mol. The lowest BCUT2D eigenvalue weighted by Crippen LogP contribution is -2.14. The summed E-state index contributed by atoms with van der Waals surface area (Å²) in [6.45, 7) is 0. The predicted octanol–water partition coefficient (Wildman–Crippen LogP) is 2.67. The zero-order valence-corrected chi connectivity index (χ0v) is 8.05. The first-order valence-electron chi connectivity index (χ1n) is 3.46. The molecule has 0 aliphatic rings. The van der Waals surface area contributed by atoms with Crippen LogP contribution in [0, 0.1) is 0 Å². The normalized spacial score (nSPS) is 12.2. The van der Waals surface area contributed by atoms with Crippen molar-refractivity contribution in [3.05, 3.63) is 34.9 Å². The summed E-state index contributed by atoms with van der Waals surface area (Å²) in [7, 11) is 0. The number of carbonyl (C=O) groups excluding carboxylic acids is 1. The largest absolute Gasteiger partial charge is 0.425 e. The SMILES string of the molecule is NC(=O)OC(Cl)c1ccccc1Cl. The molecule has 1 rings (SSSR count). The van der Waals surface area contributed by atoms with E-state index in [1.807, 2.05) is 0 Å². The Labute approximate surface area is 85.4 Å². The number of primary amides is 1. The van der Waals surface area contributed by atoms with Crippen molar-refractivity contribution in [2.24, 2.45) is 5.73 Å². The molecule has 70 valence electrons. The molecular formula is C8H7Cl2NO2. The highest BCUT2D eigenvalue weighted by Gasteiger charge is 2.13. The molecule has 1 aromatic rings. The van der Waals surface area contributed by atoms with Crippen LogP contribution in [0.4, 0.5) is 4.79 Å². The first-order valence-corrected chi connectivity index (χ1v) is 4.27. The number of alkyl halides is 1. The van der Waals surface area contributed by atoms with Gasteiger partial charge in [0.1, 0.15) is 0 Å². The highest BCUT2D eigenvalue weighted by Crippen LogP contribution is 2.28. The molecule has 0 bridgehead atoms. The molecule has 0 saturated heterocycles. The third-order valence-electron chi connectivity index (χ3n) is 1.37. The van der Waals surface area contributed by atoms with Gasteiger partial charge in [-0.1, -0.05) is 41.4 Å². The summed E-state index contributed by atoms with van der Waals surface area (Å²) in [5, 5.41) is 0.434. The Bertz CT molecular complexity index is 317. The van der Waals surface area contributed by atoms with Gasteiger partial charge in [-0.2, -0.15) is 0 Å². The molecule has 0 saturated carbocycles. The zero-order chi connectivity index (χ0) is 9.84. The molecule has 0 radical (unpaired) electrons. The van der Waals surface area contributed by atoms with Gasteiger partial charge in [-0.15, -0.1) is 0 Å². The van der Waals surface area contributed by atoms with Crippen LogP contribution in [0.2, 0.25) is 5.02 Å². The van der Waals surface area contributed by atoms with E-state index in [1.54, 1.807) is 24.3 Å².